The second kappa shape index (κ2) is 4.29. The smallest absolute Gasteiger partial charge is 0.124 e. The van der Waals surface area contributed by atoms with Gasteiger partial charge in [-0.2, -0.15) is 0 Å². The van der Waals surface area contributed by atoms with Gasteiger partial charge < -0.3 is 5.73 Å². The van der Waals surface area contributed by atoms with Crippen LogP contribution in [0.1, 0.15) is 11.1 Å². The van der Waals surface area contributed by atoms with Crippen molar-refractivity contribution in [3.8, 4) is 11.8 Å². The first kappa shape index (κ1) is 10.1. The summed E-state index contributed by atoms with van der Waals surface area (Å²) < 4.78 is 12.9. The second-order valence-electron chi connectivity index (χ2n) is 2.62. The molecule has 1 aromatic carbocycles. The average Bonchev–Trinajstić information content (AvgIpc) is 2.09. The number of benzene rings is 1. The van der Waals surface area contributed by atoms with Gasteiger partial charge in [-0.25, -0.2) is 4.39 Å². The van der Waals surface area contributed by atoms with Crippen LogP contribution in [0, 0.1) is 24.6 Å². The Morgan fingerprint density at radius 3 is 2.85 bits per heavy atom. The van der Waals surface area contributed by atoms with Crippen LogP contribution in [-0.2, 0) is 0 Å². The molecule has 2 N–H and O–H groups in total. The molecule has 13 heavy (non-hydrogen) atoms. The maximum atomic E-state index is 12.9. The molecule has 0 heterocycles. The molecule has 0 atom stereocenters. The van der Waals surface area contributed by atoms with Crippen molar-refractivity contribution in [2.24, 2.45) is 0 Å². The fourth-order valence-corrected chi connectivity index (χ4v) is 1.13. The van der Waals surface area contributed by atoms with Crippen LogP contribution >= 0.6 is 15.9 Å². The molecule has 0 aliphatic carbocycles. The van der Waals surface area contributed by atoms with E-state index in [9.17, 15) is 4.39 Å². The molecule has 0 aliphatic heterocycles. The summed E-state index contributed by atoms with van der Waals surface area (Å²) in [6, 6.07) is 2.74. The number of nitrogens with two attached hydrogens (primary N) is 1. The lowest BCUT2D eigenvalue weighted by Gasteiger charge is -2.02. The van der Waals surface area contributed by atoms with Crippen LogP contribution in [0.25, 0.3) is 0 Å². The SMILES string of the molecule is Cc1cc(F)cc(C#CCBr)c1N. The lowest BCUT2D eigenvalue weighted by atomic mass is 10.1. The van der Waals surface area contributed by atoms with E-state index in [4.69, 9.17) is 5.73 Å². The summed E-state index contributed by atoms with van der Waals surface area (Å²) in [5.74, 6) is 5.26. The van der Waals surface area contributed by atoms with Gasteiger partial charge in [0.05, 0.1) is 16.6 Å². The van der Waals surface area contributed by atoms with Gasteiger partial charge in [0, 0.05) is 0 Å². The molecule has 3 heteroatoms. The van der Waals surface area contributed by atoms with E-state index < -0.39 is 0 Å². The minimum absolute atomic E-state index is 0.300. The van der Waals surface area contributed by atoms with E-state index in [0.29, 0.717) is 16.6 Å². The Hall–Kier alpha value is -1.01. The lowest BCUT2D eigenvalue weighted by Crippen LogP contribution is -1.95. The van der Waals surface area contributed by atoms with Crippen molar-refractivity contribution < 1.29 is 4.39 Å². The molecule has 0 saturated carbocycles. The van der Waals surface area contributed by atoms with Crippen molar-refractivity contribution in [1.29, 1.82) is 0 Å². The van der Waals surface area contributed by atoms with E-state index in [2.05, 4.69) is 27.8 Å². The van der Waals surface area contributed by atoms with E-state index in [1.807, 2.05) is 0 Å². The van der Waals surface area contributed by atoms with Crippen LogP contribution in [0.15, 0.2) is 12.1 Å². The molecular formula is C10H9BrFN. The van der Waals surface area contributed by atoms with Crippen LogP contribution in [0.4, 0.5) is 10.1 Å². The summed E-state index contributed by atoms with van der Waals surface area (Å²) in [4.78, 5) is 0. The quantitative estimate of drug-likeness (QED) is 0.422. The van der Waals surface area contributed by atoms with E-state index in [0.717, 1.165) is 5.56 Å². The Bertz CT molecular complexity index is 376. The molecular weight excluding hydrogens is 233 g/mol. The number of hydrogen-bond acceptors (Lipinski definition) is 1. The van der Waals surface area contributed by atoms with Crippen molar-refractivity contribution in [3.05, 3.63) is 29.1 Å². The predicted octanol–water partition coefficient (Wildman–Crippen LogP) is 2.46. The predicted molar refractivity (Wildman–Crippen MR) is 56.2 cm³/mol. The molecule has 0 aliphatic rings. The Labute approximate surface area is 85.3 Å². The average molecular weight is 242 g/mol. The maximum absolute atomic E-state index is 12.9. The van der Waals surface area contributed by atoms with Gasteiger partial charge in [-0.3, -0.25) is 0 Å². The highest BCUT2D eigenvalue weighted by molar-refractivity contribution is 9.09. The summed E-state index contributed by atoms with van der Waals surface area (Å²) in [5.41, 5.74) is 7.53. The van der Waals surface area contributed by atoms with E-state index >= 15 is 0 Å². The third kappa shape index (κ3) is 2.46. The minimum Gasteiger partial charge on any atom is -0.397 e. The zero-order valence-corrected chi connectivity index (χ0v) is 8.78. The lowest BCUT2D eigenvalue weighted by molar-refractivity contribution is 0.626. The van der Waals surface area contributed by atoms with Gasteiger partial charge in [0.2, 0.25) is 0 Å². The van der Waals surface area contributed by atoms with Gasteiger partial charge in [0.25, 0.3) is 0 Å². The fourth-order valence-electron chi connectivity index (χ4n) is 0.986. The summed E-state index contributed by atoms with van der Waals surface area (Å²) >= 11 is 3.16. The van der Waals surface area contributed by atoms with Gasteiger partial charge >= 0.3 is 0 Å². The Kier molecular flexibility index (Phi) is 3.32. The standard InChI is InChI=1S/C10H9BrFN/c1-7-5-9(12)6-8(10(7)13)3-2-4-11/h5-6H,4,13H2,1H3. The molecule has 0 spiro atoms. The van der Waals surface area contributed by atoms with Gasteiger partial charge in [-0.15, -0.1) is 0 Å². The topological polar surface area (TPSA) is 26.0 Å². The molecule has 0 radical (unpaired) electrons. The van der Waals surface area contributed by atoms with Gasteiger partial charge in [0.1, 0.15) is 5.82 Å². The van der Waals surface area contributed by atoms with E-state index in [1.165, 1.54) is 12.1 Å². The third-order valence-corrected chi connectivity index (χ3v) is 1.92. The monoisotopic (exact) mass is 241 g/mol. The first-order chi connectivity index (χ1) is 6.15. The van der Waals surface area contributed by atoms with Crippen molar-refractivity contribution in [2.45, 2.75) is 6.92 Å². The summed E-state index contributed by atoms with van der Waals surface area (Å²) in [6.07, 6.45) is 0. The molecule has 1 nitrogen and oxygen atoms in total. The first-order valence-electron chi connectivity index (χ1n) is 3.75. The molecule has 0 aromatic heterocycles. The van der Waals surface area contributed by atoms with Gasteiger partial charge in [-0.1, -0.05) is 27.8 Å². The summed E-state index contributed by atoms with van der Waals surface area (Å²) in [7, 11) is 0. The highest BCUT2D eigenvalue weighted by Gasteiger charge is 2.02. The molecule has 0 amide bonds. The van der Waals surface area contributed by atoms with E-state index in [-0.39, 0.29) is 5.82 Å². The number of aryl methyl sites for hydroxylation is 1. The number of alkyl halides is 1. The molecule has 0 unspecified atom stereocenters. The first-order valence-corrected chi connectivity index (χ1v) is 4.87. The van der Waals surface area contributed by atoms with E-state index in [1.54, 1.807) is 6.92 Å². The highest BCUT2D eigenvalue weighted by Crippen LogP contribution is 2.17. The zero-order chi connectivity index (χ0) is 9.84. The van der Waals surface area contributed by atoms with Gasteiger partial charge in [0.15, 0.2) is 0 Å². The van der Waals surface area contributed by atoms with Crippen LogP contribution in [0.5, 0.6) is 0 Å². The largest absolute Gasteiger partial charge is 0.397 e. The van der Waals surface area contributed by atoms with Gasteiger partial charge in [-0.05, 0) is 24.6 Å². The Morgan fingerprint density at radius 2 is 2.23 bits per heavy atom. The number of nitrogen functional groups attached to an aromatic ring is 1. The van der Waals surface area contributed by atoms with Crippen molar-refractivity contribution >= 4 is 21.6 Å². The summed E-state index contributed by atoms with van der Waals surface area (Å²) in [5, 5.41) is 0.558. The van der Waals surface area contributed by atoms with Crippen LogP contribution in [0.2, 0.25) is 0 Å². The normalized spacial score (nSPS) is 9.15. The molecule has 0 fully saturated rings. The molecule has 0 bridgehead atoms. The van der Waals surface area contributed by atoms with Crippen LogP contribution in [0.3, 0.4) is 0 Å². The van der Waals surface area contributed by atoms with Crippen molar-refractivity contribution in [3.63, 3.8) is 0 Å². The number of anilines is 1. The Morgan fingerprint density at radius 1 is 1.54 bits per heavy atom. The second-order valence-corrected chi connectivity index (χ2v) is 3.18. The zero-order valence-electron chi connectivity index (χ0n) is 7.20. The Balaban J connectivity index is 3.20. The highest BCUT2D eigenvalue weighted by atomic mass is 79.9. The van der Waals surface area contributed by atoms with Crippen LogP contribution in [-0.4, -0.2) is 5.33 Å². The van der Waals surface area contributed by atoms with Crippen molar-refractivity contribution in [1.82, 2.24) is 0 Å². The third-order valence-electron chi connectivity index (χ3n) is 1.64. The molecule has 1 aromatic rings. The number of rotatable bonds is 0. The summed E-state index contributed by atoms with van der Waals surface area (Å²) in [6.45, 7) is 1.76. The van der Waals surface area contributed by atoms with Crippen LogP contribution < -0.4 is 5.73 Å². The minimum atomic E-state index is -0.300. The number of halogens is 2. The molecule has 68 valence electrons. The molecule has 0 saturated heterocycles. The molecule has 1 rings (SSSR count). The maximum Gasteiger partial charge on any atom is 0.124 e. The fraction of sp³-hybridized carbons (Fsp3) is 0.200. The van der Waals surface area contributed by atoms with Crippen molar-refractivity contribution in [2.75, 3.05) is 11.1 Å². The number of hydrogen-bond donors (Lipinski definition) is 1.